The lowest BCUT2D eigenvalue weighted by Gasteiger charge is -2.29. The number of nitrogens with one attached hydrogen (secondary N) is 2. The minimum absolute atomic E-state index is 0.206. The van der Waals surface area contributed by atoms with E-state index in [0.29, 0.717) is 28.0 Å². The summed E-state index contributed by atoms with van der Waals surface area (Å²) in [6.07, 6.45) is 2.86. The molecule has 0 spiro atoms. The van der Waals surface area contributed by atoms with Crippen molar-refractivity contribution in [3.8, 4) is 22.9 Å². The van der Waals surface area contributed by atoms with E-state index in [1.165, 1.54) is 7.11 Å². The SMILES string of the molecule is COc1ccc(N2C(=S)NC(c3ccccn3)C2c2cc(C)n(-c3ccc4c(c3)OCO4)c2C)cc1NS(C)(=O)=O. The van der Waals surface area contributed by atoms with E-state index in [4.69, 9.17) is 26.4 Å². The van der Waals surface area contributed by atoms with E-state index in [0.717, 1.165) is 40.3 Å². The van der Waals surface area contributed by atoms with Gasteiger partial charge in [-0.1, -0.05) is 6.07 Å². The predicted molar refractivity (Wildman–Crippen MR) is 161 cm³/mol. The maximum Gasteiger partial charge on any atom is 0.231 e. The van der Waals surface area contributed by atoms with Gasteiger partial charge in [-0.15, -0.1) is 0 Å². The summed E-state index contributed by atoms with van der Waals surface area (Å²) in [4.78, 5) is 6.66. The lowest BCUT2D eigenvalue weighted by molar-refractivity contribution is 0.174. The molecule has 10 nitrogen and oxygen atoms in total. The molecule has 41 heavy (non-hydrogen) atoms. The second-order valence-electron chi connectivity index (χ2n) is 9.95. The smallest absolute Gasteiger partial charge is 0.231 e. The molecule has 0 bridgehead atoms. The number of nitrogens with zero attached hydrogens (tertiary/aromatic N) is 3. The Hall–Kier alpha value is -4.29. The molecule has 12 heteroatoms. The van der Waals surface area contributed by atoms with Crippen LogP contribution in [0, 0.1) is 13.8 Å². The van der Waals surface area contributed by atoms with Crippen molar-refractivity contribution in [2.75, 3.05) is 29.8 Å². The molecule has 2 aromatic heterocycles. The summed E-state index contributed by atoms with van der Waals surface area (Å²) in [5.41, 5.74) is 5.89. The van der Waals surface area contributed by atoms with Crippen molar-refractivity contribution in [3.63, 3.8) is 0 Å². The van der Waals surface area contributed by atoms with E-state index in [1.54, 1.807) is 18.3 Å². The number of hydrogen-bond acceptors (Lipinski definition) is 7. The number of fused-ring (bicyclic) bond motifs is 1. The van der Waals surface area contributed by atoms with E-state index in [1.807, 2.05) is 47.4 Å². The van der Waals surface area contributed by atoms with Crippen molar-refractivity contribution >= 4 is 38.7 Å². The molecule has 2 unspecified atom stereocenters. The standard InChI is InChI=1S/C29H29N5O5S2/c1-17-13-21(18(2)33(17)20-9-11-25-26(15-20)39-16-38-25)28-27(22-7-5-6-12-30-22)31-29(40)34(28)19-8-10-24(37-3)23(14-19)32-41(4,35)36/h5-15,27-28,32H,16H2,1-4H3,(H,31,40). The molecular formula is C29H29N5O5S2. The summed E-state index contributed by atoms with van der Waals surface area (Å²) < 4.78 is 45.6. The average Bonchev–Trinajstić information content (AvgIpc) is 3.62. The van der Waals surface area contributed by atoms with Gasteiger partial charge in [0.1, 0.15) is 5.75 Å². The number of sulfonamides is 1. The van der Waals surface area contributed by atoms with Gasteiger partial charge < -0.3 is 29.0 Å². The maximum atomic E-state index is 12.1. The summed E-state index contributed by atoms with van der Waals surface area (Å²) in [6, 6.07) is 18.6. The Labute approximate surface area is 243 Å². The number of aryl methyl sites for hydroxylation is 1. The largest absolute Gasteiger partial charge is 0.495 e. The van der Waals surface area contributed by atoms with Crippen LogP contribution in [0.2, 0.25) is 0 Å². The Bertz CT molecular complexity index is 1760. The first-order valence-corrected chi connectivity index (χ1v) is 15.2. The van der Waals surface area contributed by atoms with Crippen molar-refractivity contribution in [3.05, 3.63) is 89.5 Å². The molecule has 2 aliphatic heterocycles. The zero-order chi connectivity index (χ0) is 28.9. The van der Waals surface area contributed by atoms with Crippen LogP contribution >= 0.6 is 12.2 Å². The van der Waals surface area contributed by atoms with E-state index in [9.17, 15) is 8.42 Å². The fourth-order valence-corrected chi connectivity index (χ4v) is 6.49. The second-order valence-corrected chi connectivity index (χ2v) is 12.1. The van der Waals surface area contributed by atoms with Crippen LogP contribution in [-0.2, 0) is 10.0 Å². The fourth-order valence-electron chi connectivity index (χ4n) is 5.58. The Kier molecular flexibility index (Phi) is 6.74. The first-order chi connectivity index (χ1) is 19.6. The van der Waals surface area contributed by atoms with Crippen molar-refractivity contribution in [1.82, 2.24) is 14.9 Å². The Balaban J connectivity index is 1.50. The molecule has 4 aromatic rings. The molecule has 0 aliphatic carbocycles. The van der Waals surface area contributed by atoms with Gasteiger partial charge in [-0.05, 0) is 80.2 Å². The van der Waals surface area contributed by atoms with Crippen LogP contribution in [-0.4, -0.2) is 43.2 Å². The predicted octanol–water partition coefficient (Wildman–Crippen LogP) is 4.78. The van der Waals surface area contributed by atoms with E-state index in [2.05, 4.69) is 39.5 Å². The highest BCUT2D eigenvalue weighted by molar-refractivity contribution is 7.92. The Morgan fingerprint density at radius 1 is 1.05 bits per heavy atom. The summed E-state index contributed by atoms with van der Waals surface area (Å²) >= 11 is 5.90. The van der Waals surface area contributed by atoms with Crippen LogP contribution < -0.4 is 29.1 Å². The normalized spacial score (nSPS) is 18.0. The maximum absolute atomic E-state index is 12.1. The quantitative estimate of drug-likeness (QED) is 0.294. The van der Waals surface area contributed by atoms with Gasteiger partial charge in [0.05, 0.1) is 36.8 Å². The van der Waals surface area contributed by atoms with Gasteiger partial charge in [-0.25, -0.2) is 8.42 Å². The van der Waals surface area contributed by atoms with Crippen molar-refractivity contribution in [1.29, 1.82) is 0 Å². The molecule has 4 heterocycles. The van der Waals surface area contributed by atoms with Crippen molar-refractivity contribution in [2.24, 2.45) is 0 Å². The van der Waals surface area contributed by atoms with Crippen LogP contribution in [0.3, 0.4) is 0 Å². The number of rotatable bonds is 7. The molecule has 0 saturated carbocycles. The molecule has 0 radical (unpaired) electrons. The highest BCUT2D eigenvalue weighted by Gasteiger charge is 2.42. The molecule has 212 valence electrons. The number of methoxy groups -OCH3 is 1. The summed E-state index contributed by atoms with van der Waals surface area (Å²) in [5.74, 6) is 1.83. The number of pyridine rings is 1. The van der Waals surface area contributed by atoms with Crippen LogP contribution in [0.5, 0.6) is 17.2 Å². The van der Waals surface area contributed by atoms with Crippen LogP contribution in [0.4, 0.5) is 11.4 Å². The molecule has 2 atom stereocenters. The van der Waals surface area contributed by atoms with E-state index in [-0.39, 0.29) is 18.9 Å². The molecule has 0 amide bonds. The van der Waals surface area contributed by atoms with Crippen LogP contribution in [0.25, 0.3) is 5.69 Å². The lowest BCUT2D eigenvalue weighted by atomic mass is 9.96. The topological polar surface area (TPSA) is 107 Å². The lowest BCUT2D eigenvalue weighted by Crippen LogP contribution is -2.29. The third-order valence-electron chi connectivity index (χ3n) is 7.26. The first kappa shape index (κ1) is 26.9. The molecule has 2 aromatic carbocycles. The first-order valence-electron chi connectivity index (χ1n) is 12.9. The fraction of sp³-hybridized carbons (Fsp3) is 0.241. The zero-order valence-electron chi connectivity index (χ0n) is 22.9. The van der Waals surface area contributed by atoms with Gasteiger partial charge in [0.15, 0.2) is 16.6 Å². The van der Waals surface area contributed by atoms with Crippen molar-refractivity contribution in [2.45, 2.75) is 25.9 Å². The van der Waals surface area contributed by atoms with Gasteiger partial charge >= 0.3 is 0 Å². The number of ether oxygens (including phenoxy) is 3. The van der Waals surface area contributed by atoms with Gasteiger partial charge in [0, 0.05) is 35.0 Å². The molecule has 1 fully saturated rings. The molecule has 1 saturated heterocycles. The van der Waals surface area contributed by atoms with Gasteiger partial charge in [0.2, 0.25) is 16.8 Å². The average molecular weight is 592 g/mol. The number of thiocarbonyl (C=S) groups is 1. The van der Waals surface area contributed by atoms with Crippen LogP contribution in [0.1, 0.15) is 34.7 Å². The van der Waals surface area contributed by atoms with E-state index < -0.39 is 10.0 Å². The van der Waals surface area contributed by atoms with Gasteiger partial charge in [0.25, 0.3) is 0 Å². The zero-order valence-corrected chi connectivity index (χ0v) is 24.5. The molecule has 2 N–H and O–H groups in total. The van der Waals surface area contributed by atoms with Crippen LogP contribution in [0.15, 0.2) is 66.9 Å². The minimum atomic E-state index is -3.56. The number of aromatic nitrogens is 2. The minimum Gasteiger partial charge on any atom is -0.495 e. The highest BCUT2D eigenvalue weighted by Crippen LogP contribution is 2.45. The monoisotopic (exact) mass is 591 g/mol. The number of benzene rings is 2. The third-order valence-corrected chi connectivity index (χ3v) is 8.16. The summed E-state index contributed by atoms with van der Waals surface area (Å²) in [5, 5.41) is 3.97. The second kappa shape index (κ2) is 10.3. The third kappa shape index (κ3) is 4.93. The van der Waals surface area contributed by atoms with Gasteiger partial charge in [-0.2, -0.15) is 0 Å². The van der Waals surface area contributed by atoms with Crippen molar-refractivity contribution < 1.29 is 22.6 Å². The number of anilines is 2. The summed E-state index contributed by atoms with van der Waals surface area (Å²) in [7, 11) is -2.06. The molecule has 2 aliphatic rings. The van der Waals surface area contributed by atoms with Gasteiger partial charge in [-0.3, -0.25) is 9.71 Å². The number of hydrogen-bond donors (Lipinski definition) is 2. The Morgan fingerprint density at radius 2 is 1.83 bits per heavy atom. The molecule has 6 rings (SSSR count). The molecular weight excluding hydrogens is 562 g/mol. The van der Waals surface area contributed by atoms with E-state index >= 15 is 0 Å². The Morgan fingerprint density at radius 3 is 2.56 bits per heavy atom. The summed E-state index contributed by atoms with van der Waals surface area (Å²) in [6.45, 7) is 4.34. The highest BCUT2D eigenvalue weighted by atomic mass is 32.2.